The molecule has 0 spiro atoms. The molecule has 0 radical (unpaired) electrons. The summed E-state index contributed by atoms with van der Waals surface area (Å²) in [7, 11) is 0. The van der Waals surface area contributed by atoms with Crippen molar-refractivity contribution in [2.75, 3.05) is 6.61 Å². The molecule has 2 nitrogen and oxygen atoms in total. The zero-order valence-electron chi connectivity index (χ0n) is 10.7. The van der Waals surface area contributed by atoms with Crippen molar-refractivity contribution < 1.29 is 9.53 Å². The second kappa shape index (κ2) is 6.35. The van der Waals surface area contributed by atoms with Gasteiger partial charge in [-0.15, -0.1) is 0 Å². The van der Waals surface area contributed by atoms with Crippen molar-refractivity contribution in [1.82, 2.24) is 0 Å². The molecule has 1 aromatic rings. The number of carbonyl (C=O) groups excluding carboxylic acids is 1. The number of Topliss-reactive ketones (excluding diaryl/α,β-unsaturated/α-hetero) is 1. The lowest BCUT2D eigenvalue weighted by Crippen LogP contribution is -2.27. The fourth-order valence-corrected chi connectivity index (χ4v) is 2.56. The normalized spacial score (nSPS) is 23.9. The zero-order chi connectivity index (χ0) is 13.0. The minimum Gasteiger partial charge on any atom is -0.370 e. The van der Waals surface area contributed by atoms with Crippen LogP contribution in [0, 0.1) is 5.92 Å². The maximum absolute atomic E-state index is 11.9. The van der Waals surface area contributed by atoms with Crippen LogP contribution in [0.3, 0.4) is 0 Å². The molecule has 2 unspecified atom stereocenters. The van der Waals surface area contributed by atoms with Gasteiger partial charge in [0, 0.05) is 10.6 Å². The summed E-state index contributed by atoms with van der Waals surface area (Å²) in [6.07, 6.45) is 5.03. The molecule has 0 saturated heterocycles. The van der Waals surface area contributed by atoms with Crippen molar-refractivity contribution >= 4 is 17.4 Å². The Morgan fingerprint density at radius 2 is 1.94 bits per heavy atom. The number of ketones is 1. The third-order valence-corrected chi connectivity index (χ3v) is 3.88. The predicted octanol–water partition coefficient (Wildman–Crippen LogP) is 4.12. The molecule has 3 heteroatoms. The average Bonchev–Trinajstić information content (AvgIpc) is 2.38. The fraction of sp³-hybridized carbons (Fsp3) is 0.533. The molecule has 2 rings (SSSR count). The van der Waals surface area contributed by atoms with Crippen LogP contribution in [-0.4, -0.2) is 18.5 Å². The Morgan fingerprint density at radius 3 is 2.61 bits per heavy atom. The van der Waals surface area contributed by atoms with Crippen molar-refractivity contribution in [3.8, 4) is 0 Å². The topological polar surface area (TPSA) is 26.3 Å². The first-order chi connectivity index (χ1) is 8.66. The van der Waals surface area contributed by atoms with Crippen LogP contribution in [-0.2, 0) is 4.74 Å². The van der Waals surface area contributed by atoms with E-state index in [9.17, 15) is 4.79 Å². The van der Waals surface area contributed by atoms with Gasteiger partial charge in [0.15, 0.2) is 5.78 Å². The van der Waals surface area contributed by atoms with E-state index in [-0.39, 0.29) is 18.5 Å². The Labute approximate surface area is 113 Å². The van der Waals surface area contributed by atoms with Crippen LogP contribution in [0.2, 0.25) is 5.02 Å². The molecule has 18 heavy (non-hydrogen) atoms. The summed E-state index contributed by atoms with van der Waals surface area (Å²) in [5.41, 5.74) is 0.669. The van der Waals surface area contributed by atoms with Crippen LogP contribution >= 0.6 is 11.6 Å². The Bertz CT molecular complexity index is 399. The highest BCUT2D eigenvalue weighted by Gasteiger charge is 2.22. The van der Waals surface area contributed by atoms with E-state index >= 15 is 0 Å². The lowest BCUT2D eigenvalue weighted by Gasteiger charge is -2.28. The minimum atomic E-state index is 0.0319. The van der Waals surface area contributed by atoms with E-state index in [1.54, 1.807) is 24.3 Å². The molecule has 0 N–H and O–H groups in total. The Hall–Kier alpha value is -0.860. The van der Waals surface area contributed by atoms with Crippen LogP contribution in [0.25, 0.3) is 0 Å². The molecular weight excluding hydrogens is 248 g/mol. The van der Waals surface area contributed by atoms with Crippen LogP contribution in [0.15, 0.2) is 24.3 Å². The first-order valence-electron chi connectivity index (χ1n) is 6.57. The maximum Gasteiger partial charge on any atom is 0.188 e. The highest BCUT2D eigenvalue weighted by Crippen LogP contribution is 2.26. The molecule has 1 aliphatic rings. The third-order valence-electron chi connectivity index (χ3n) is 3.63. The van der Waals surface area contributed by atoms with Gasteiger partial charge in [-0.1, -0.05) is 31.4 Å². The second-order valence-corrected chi connectivity index (χ2v) is 5.48. The van der Waals surface area contributed by atoms with Crippen molar-refractivity contribution in [2.24, 2.45) is 5.92 Å². The standard InChI is InChI=1S/C15H19ClO2/c1-11-4-2-3-5-15(11)18-10-14(17)12-6-8-13(16)9-7-12/h6-9,11,15H,2-5,10H2,1H3. The van der Waals surface area contributed by atoms with Gasteiger partial charge in [-0.25, -0.2) is 0 Å². The van der Waals surface area contributed by atoms with Gasteiger partial charge in [-0.3, -0.25) is 4.79 Å². The molecule has 0 heterocycles. The quantitative estimate of drug-likeness (QED) is 0.767. The molecule has 1 aromatic carbocycles. The number of hydrogen-bond donors (Lipinski definition) is 0. The molecule has 0 aliphatic heterocycles. The number of rotatable bonds is 4. The van der Waals surface area contributed by atoms with E-state index in [4.69, 9.17) is 16.3 Å². The zero-order valence-corrected chi connectivity index (χ0v) is 11.5. The van der Waals surface area contributed by atoms with Crippen molar-refractivity contribution in [3.63, 3.8) is 0 Å². The van der Waals surface area contributed by atoms with Crippen molar-refractivity contribution in [1.29, 1.82) is 0 Å². The summed E-state index contributed by atoms with van der Waals surface area (Å²) in [4.78, 5) is 11.9. The lowest BCUT2D eigenvalue weighted by molar-refractivity contribution is 0.000750. The average molecular weight is 267 g/mol. The van der Waals surface area contributed by atoms with Gasteiger partial charge in [0.2, 0.25) is 0 Å². The second-order valence-electron chi connectivity index (χ2n) is 5.04. The highest BCUT2D eigenvalue weighted by atomic mass is 35.5. The highest BCUT2D eigenvalue weighted by molar-refractivity contribution is 6.30. The summed E-state index contributed by atoms with van der Waals surface area (Å²) in [5.74, 6) is 0.598. The van der Waals surface area contributed by atoms with E-state index in [1.165, 1.54) is 19.3 Å². The van der Waals surface area contributed by atoms with E-state index in [0.29, 0.717) is 16.5 Å². The molecule has 1 saturated carbocycles. The van der Waals surface area contributed by atoms with Gasteiger partial charge in [0.25, 0.3) is 0 Å². The van der Waals surface area contributed by atoms with Crippen molar-refractivity contribution in [3.05, 3.63) is 34.9 Å². The van der Waals surface area contributed by atoms with Gasteiger partial charge >= 0.3 is 0 Å². The summed E-state index contributed by atoms with van der Waals surface area (Å²) >= 11 is 5.79. The Balaban J connectivity index is 1.86. The van der Waals surface area contributed by atoms with E-state index in [2.05, 4.69) is 6.92 Å². The smallest absolute Gasteiger partial charge is 0.188 e. The number of benzene rings is 1. The lowest BCUT2D eigenvalue weighted by atomic mass is 9.88. The fourth-order valence-electron chi connectivity index (χ4n) is 2.43. The molecule has 2 atom stereocenters. The van der Waals surface area contributed by atoms with Crippen molar-refractivity contribution in [2.45, 2.75) is 38.7 Å². The molecular formula is C15H19ClO2. The van der Waals surface area contributed by atoms with Gasteiger partial charge in [0.1, 0.15) is 6.61 Å². The van der Waals surface area contributed by atoms with Crippen LogP contribution < -0.4 is 0 Å². The van der Waals surface area contributed by atoms with E-state index < -0.39 is 0 Å². The summed E-state index contributed by atoms with van der Waals surface area (Å²) in [5, 5.41) is 0.647. The van der Waals surface area contributed by atoms with E-state index in [1.807, 2.05) is 0 Å². The molecule has 0 bridgehead atoms. The Kier molecular flexibility index (Phi) is 4.79. The van der Waals surface area contributed by atoms with Crippen LogP contribution in [0.5, 0.6) is 0 Å². The molecule has 98 valence electrons. The van der Waals surface area contributed by atoms with Crippen LogP contribution in [0.4, 0.5) is 0 Å². The SMILES string of the molecule is CC1CCCCC1OCC(=O)c1ccc(Cl)cc1. The number of hydrogen-bond acceptors (Lipinski definition) is 2. The van der Waals surface area contributed by atoms with Gasteiger partial charge < -0.3 is 4.74 Å². The number of ether oxygens (including phenoxy) is 1. The third kappa shape index (κ3) is 3.56. The first-order valence-corrected chi connectivity index (χ1v) is 6.95. The van der Waals surface area contributed by atoms with Gasteiger partial charge in [-0.05, 0) is 43.0 Å². The summed E-state index contributed by atoms with van der Waals surface area (Å²) in [6.45, 7) is 2.38. The predicted molar refractivity (Wildman–Crippen MR) is 73.2 cm³/mol. The first kappa shape index (κ1) is 13.6. The van der Waals surface area contributed by atoms with Gasteiger partial charge in [-0.2, -0.15) is 0 Å². The molecule has 1 fully saturated rings. The largest absolute Gasteiger partial charge is 0.370 e. The number of carbonyl (C=O) groups is 1. The molecule has 0 aromatic heterocycles. The maximum atomic E-state index is 11.9. The monoisotopic (exact) mass is 266 g/mol. The minimum absolute atomic E-state index is 0.0319. The summed E-state index contributed by atoms with van der Waals surface area (Å²) in [6, 6.07) is 6.96. The molecule has 1 aliphatic carbocycles. The Morgan fingerprint density at radius 1 is 1.28 bits per heavy atom. The molecule has 0 amide bonds. The summed E-state index contributed by atoms with van der Waals surface area (Å²) < 4.78 is 5.76. The van der Waals surface area contributed by atoms with E-state index in [0.717, 1.165) is 6.42 Å². The van der Waals surface area contributed by atoms with Gasteiger partial charge in [0.05, 0.1) is 6.10 Å². The number of halogens is 1. The van der Waals surface area contributed by atoms with Crippen LogP contribution in [0.1, 0.15) is 43.0 Å².